The molecule has 0 aliphatic carbocycles. The molecule has 81 heavy (non-hydrogen) atoms. The van der Waals surface area contributed by atoms with Crippen LogP contribution >= 0.6 is 11.3 Å². The third kappa shape index (κ3) is 13.8. The number of thiazole rings is 1. The van der Waals surface area contributed by atoms with Crippen LogP contribution < -0.4 is 31.1 Å². The number of carbonyl (C=O) groups is 4. The number of fused-ring (bicyclic) bond motifs is 1. The summed E-state index contributed by atoms with van der Waals surface area (Å²) in [5.41, 5.74) is 4.27. The number of likely N-dealkylation sites (tertiary alicyclic amines) is 4. The number of aromatic nitrogens is 3. The molecule has 5 N–H and O–H groups in total. The summed E-state index contributed by atoms with van der Waals surface area (Å²) in [5, 5.41) is 23.6. The van der Waals surface area contributed by atoms with E-state index >= 15 is 8.78 Å². The topological polar surface area (TPSA) is 195 Å². The average Bonchev–Trinajstić information content (AvgIpc) is 4.27. The van der Waals surface area contributed by atoms with Crippen LogP contribution in [0.3, 0.4) is 0 Å². The van der Waals surface area contributed by atoms with Gasteiger partial charge in [-0.3, -0.25) is 24.1 Å². The van der Waals surface area contributed by atoms with Crippen molar-refractivity contribution in [2.24, 2.45) is 22.7 Å². The molecular formula is C60H83F2N13O5S. The molecule has 21 heteroatoms. The molecule has 10 rings (SSSR count). The summed E-state index contributed by atoms with van der Waals surface area (Å²) in [4.78, 5) is 81.8. The Morgan fingerprint density at radius 1 is 0.852 bits per heavy atom. The number of β-amino-alcohol motifs (C(OH)–C–C–N with tert-alkyl or cyclic N) is 1. The van der Waals surface area contributed by atoms with E-state index in [1.807, 2.05) is 70.5 Å². The highest BCUT2D eigenvalue weighted by molar-refractivity contribution is 7.13. The Bertz CT molecular complexity index is 2890. The summed E-state index contributed by atoms with van der Waals surface area (Å²) in [6.07, 6.45) is 4.35. The average molecular weight is 1140 g/mol. The third-order valence-electron chi connectivity index (χ3n) is 18.1. The van der Waals surface area contributed by atoms with Gasteiger partial charge in [0, 0.05) is 109 Å². The fourth-order valence-corrected chi connectivity index (χ4v) is 13.9. The van der Waals surface area contributed by atoms with Gasteiger partial charge < -0.3 is 50.9 Å². The lowest BCUT2D eigenvalue weighted by Crippen LogP contribution is -2.66. The predicted molar refractivity (Wildman–Crippen MR) is 311 cm³/mol. The van der Waals surface area contributed by atoms with Crippen LogP contribution in [-0.2, 0) is 25.7 Å². The second kappa shape index (κ2) is 24.1. The monoisotopic (exact) mass is 1140 g/mol. The van der Waals surface area contributed by atoms with Gasteiger partial charge in [-0.05, 0) is 92.5 Å². The zero-order valence-electron chi connectivity index (χ0n) is 48.3. The Balaban J connectivity index is 0.643. The summed E-state index contributed by atoms with van der Waals surface area (Å²) in [6, 6.07) is 10.5. The predicted octanol–water partition coefficient (Wildman–Crippen LogP) is 5.82. The number of halogens is 2. The number of nitrogens with one attached hydrogen (secondary N) is 4. The van der Waals surface area contributed by atoms with Gasteiger partial charge >= 0.3 is 0 Å². The summed E-state index contributed by atoms with van der Waals surface area (Å²) in [5.74, 6) is 0.431. The molecule has 2 aromatic carbocycles. The van der Waals surface area contributed by atoms with Gasteiger partial charge in [0.05, 0.1) is 46.0 Å². The van der Waals surface area contributed by atoms with Crippen molar-refractivity contribution in [1.82, 2.24) is 50.5 Å². The first-order chi connectivity index (χ1) is 38.6. The molecule has 0 radical (unpaired) electrons. The fraction of sp³-hybridized carbons (Fsp3) is 0.617. The highest BCUT2D eigenvalue weighted by atomic mass is 32.1. The van der Waals surface area contributed by atoms with E-state index in [9.17, 15) is 24.3 Å². The molecule has 18 nitrogen and oxygen atoms in total. The molecule has 2 aromatic heterocycles. The lowest BCUT2D eigenvalue weighted by Gasteiger charge is -2.48. The van der Waals surface area contributed by atoms with Gasteiger partial charge in [-0.25, -0.2) is 23.7 Å². The van der Waals surface area contributed by atoms with E-state index in [1.165, 1.54) is 17.0 Å². The number of amides is 4. The maximum Gasteiger partial charge on any atom is 0.246 e. The maximum absolute atomic E-state index is 15.8. The van der Waals surface area contributed by atoms with Crippen LogP contribution in [0, 0.1) is 41.2 Å². The highest BCUT2D eigenvalue weighted by Gasteiger charge is 2.46. The second-order valence-electron chi connectivity index (χ2n) is 25.9. The van der Waals surface area contributed by atoms with Gasteiger partial charge in [-0.15, -0.1) is 11.3 Å². The zero-order valence-corrected chi connectivity index (χ0v) is 49.1. The smallest absolute Gasteiger partial charge is 0.246 e. The minimum atomic E-state index is -0.891. The second-order valence-corrected chi connectivity index (χ2v) is 26.7. The van der Waals surface area contributed by atoms with E-state index in [0.717, 1.165) is 92.0 Å². The number of piperidine rings is 2. The van der Waals surface area contributed by atoms with Crippen LogP contribution in [0.1, 0.15) is 103 Å². The summed E-state index contributed by atoms with van der Waals surface area (Å²) in [7, 11) is 0. The van der Waals surface area contributed by atoms with Gasteiger partial charge in [0.2, 0.25) is 23.6 Å². The van der Waals surface area contributed by atoms with E-state index < -0.39 is 40.8 Å². The van der Waals surface area contributed by atoms with E-state index in [0.29, 0.717) is 69.5 Å². The fourth-order valence-electron chi connectivity index (χ4n) is 13.1. The Kier molecular flexibility index (Phi) is 17.4. The standard InChI is InChI=1S/C60H83F2N13O5S/c1-38(40-8-10-41(11-9-40)54-39(2)66-37-81-54)67-56(79)49-25-45(76)33-75(49)57(80)55(58(3,4)5)68-52(77)12-18-71-29-43-31-72(32-44(43)30-71)23-17-63-50-27-51(65-36-64-50)73-21-15-60(16-22-73)35-74(34-53(78)69-60)48-26-46(61)42(24-47(48)62)28-70-19-13-59(6,7)14-20-70/h8-11,24,26-27,36-38,43-45,49,55,76H,12-23,25,28-35H2,1-7H3,(H,67,79)(H,68,77)(H,69,78)(H,63,64,65)/t38-,43-,44+,45+,49-,55+/m0/s1. The molecule has 1 spiro atoms. The first kappa shape index (κ1) is 58.3. The molecular weight excluding hydrogens is 1050 g/mol. The molecule has 0 bridgehead atoms. The quantitative estimate of drug-likeness (QED) is 0.0849. The van der Waals surface area contributed by atoms with Crippen molar-refractivity contribution in [1.29, 1.82) is 0 Å². The zero-order chi connectivity index (χ0) is 57.4. The Morgan fingerprint density at radius 3 is 2.21 bits per heavy atom. The maximum atomic E-state index is 15.8. The van der Waals surface area contributed by atoms with Crippen molar-refractivity contribution < 1.29 is 33.1 Å². The molecule has 8 heterocycles. The molecule has 6 aliphatic heterocycles. The number of anilines is 3. The van der Waals surface area contributed by atoms with Crippen LogP contribution in [0.25, 0.3) is 10.4 Å². The van der Waals surface area contributed by atoms with Crippen molar-refractivity contribution in [3.05, 3.63) is 82.8 Å². The van der Waals surface area contributed by atoms with E-state index in [-0.39, 0.29) is 66.7 Å². The number of piperazine rings is 1. The normalized spacial score (nSPS) is 24.0. The van der Waals surface area contributed by atoms with Crippen molar-refractivity contribution >= 4 is 52.3 Å². The van der Waals surface area contributed by atoms with Gasteiger partial charge in [-0.1, -0.05) is 58.9 Å². The number of nitrogens with zero attached hydrogens (tertiary/aromatic N) is 9. The largest absolute Gasteiger partial charge is 0.391 e. The van der Waals surface area contributed by atoms with E-state index in [2.05, 4.69) is 69.7 Å². The highest BCUT2D eigenvalue weighted by Crippen LogP contribution is 2.36. The number of aryl methyl sites for hydroxylation is 1. The first-order valence-electron chi connectivity index (χ1n) is 29.2. The Hall–Kier alpha value is -5.87. The van der Waals surface area contributed by atoms with E-state index in [4.69, 9.17) is 0 Å². The lowest BCUT2D eigenvalue weighted by atomic mass is 9.82. The Labute approximate surface area is 479 Å². The number of hydrogen-bond donors (Lipinski definition) is 5. The van der Waals surface area contributed by atoms with Crippen LogP contribution in [0.5, 0.6) is 0 Å². The van der Waals surface area contributed by atoms with Crippen molar-refractivity contribution in [3.63, 3.8) is 0 Å². The molecule has 0 saturated carbocycles. The minimum absolute atomic E-state index is 0.0124. The molecule has 6 saturated heterocycles. The summed E-state index contributed by atoms with van der Waals surface area (Å²) < 4.78 is 31.3. The minimum Gasteiger partial charge on any atom is -0.391 e. The molecule has 438 valence electrons. The Morgan fingerprint density at radius 2 is 1.54 bits per heavy atom. The number of aliphatic hydroxyl groups excluding tert-OH is 1. The molecule has 4 aromatic rings. The van der Waals surface area contributed by atoms with Crippen LogP contribution in [-0.4, -0.2) is 179 Å². The lowest BCUT2D eigenvalue weighted by molar-refractivity contribution is -0.144. The van der Waals surface area contributed by atoms with Crippen molar-refractivity contribution in [2.75, 3.05) is 107 Å². The number of aliphatic hydroxyl groups is 1. The van der Waals surface area contributed by atoms with Crippen LogP contribution in [0.4, 0.5) is 26.1 Å². The molecule has 6 atom stereocenters. The number of carbonyl (C=O) groups excluding carboxylic acids is 4. The summed E-state index contributed by atoms with van der Waals surface area (Å²) >= 11 is 1.58. The number of benzene rings is 2. The van der Waals surface area contributed by atoms with Gasteiger partial charge in [-0.2, -0.15) is 0 Å². The number of rotatable bonds is 17. The first-order valence-corrected chi connectivity index (χ1v) is 30.1. The third-order valence-corrected chi connectivity index (χ3v) is 19.1. The number of hydrogen-bond acceptors (Lipinski definition) is 15. The van der Waals surface area contributed by atoms with Crippen LogP contribution in [0.15, 0.2) is 54.3 Å². The van der Waals surface area contributed by atoms with Gasteiger partial charge in [0.1, 0.15) is 41.7 Å². The summed E-state index contributed by atoms with van der Waals surface area (Å²) in [6.45, 7) is 23.6. The van der Waals surface area contributed by atoms with Crippen LogP contribution in [0.2, 0.25) is 0 Å². The molecule has 4 amide bonds. The molecule has 0 unspecified atom stereocenters. The molecule has 6 aliphatic rings. The molecule has 6 fully saturated rings. The van der Waals surface area contributed by atoms with Gasteiger partial charge in [0.15, 0.2) is 0 Å². The van der Waals surface area contributed by atoms with Crippen molar-refractivity contribution in [2.45, 2.75) is 123 Å². The van der Waals surface area contributed by atoms with E-state index in [1.54, 1.807) is 22.6 Å². The van der Waals surface area contributed by atoms with Gasteiger partial charge in [0.25, 0.3) is 0 Å². The van der Waals surface area contributed by atoms with Crippen molar-refractivity contribution in [3.8, 4) is 10.4 Å². The SMILES string of the molecule is Cc1ncsc1-c1ccc([C@H](C)NC(=O)[C@@H]2C[C@@H](O)CN2C(=O)[C@@H](NC(=O)CCN2C[C@H]3CN(CCNc4cc(N5CCC6(CC5)CN(c5cc(F)c(CN7CCC(C)(C)CC7)cc5F)CC(=O)N6)ncn4)C[C@H]3C2)C(C)(C)C)cc1.